The van der Waals surface area contributed by atoms with Crippen molar-refractivity contribution < 1.29 is 29.4 Å². The summed E-state index contributed by atoms with van der Waals surface area (Å²) in [5.41, 5.74) is 0. The topological polar surface area (TPSA) is 128 Å². The molecule has 0 heterocycles. The lowest BCUT2D eigenvalue weighted by Gasteiger charge is -2.32. The summed E-state index contributed by atoms with van der Waals surface area (Å²) in [7, 11) is -5.00. The molecule has 0 aliphatic rings. The third-order valence-corrected chi connectivity index (χ3v) is 2.41. The van der Waals surface area contributed by atoms with E-state index in [0.717, 1.165) is 0 Å². The molecule has 0 N–H and O–H groups in total. The van der Waals surface area contributed by atoms with E-state index in [9.17, 15) is 29.4 Å². The number of amides is 2. The highest BCUT2D eigenvalue weighted by atomic mass is 32.3. The Hall–Kier alpha value is -0.660. The molecular formula is CF2N3O5S3-3. The zero-order chi connectivity index (χ0) is 11.4. The van der Waals surface area contributed by atoms with E-state index in [1.54, 1.807) is 0 Å². The van der Waals surface area contributed by atoms with Gasteiger partial charge in [0.2, 0.25) is 0 Å². The number of hydrogen-bond acceptors (Lipinski definition) is 5. The van der Waals surface area contributed by atoms with Crippen molar-refractivity contribution in [1.29, 1.82) is 0 Å². The fourth-order valence-corrected chi connectivity index (χ4v) is 1.45. The first-order valence-corrected chi connectivity index (χ1v) is 5.77. The van der Waals surface area contributed by atoms with E-state index >= 15 is 0 Å². The molecule has 0 aromatic heterocycles. The molecule has 0 saturated carbocycles. The van der Waals surface area contributed by atoms with Crippen LogP contribution < -0.4 is 0 Å². The maximum Gasteiger partial charge on any atom is 0.130 e. The lowest BCUT2D eigenvalue weighted by Crippen LogP contribution is -2.03. The molecule has 2 amide bonds. The summed E-state index contributed by atoms with van der Waals surface area (Å²) in [5, 5.41) is 0. The number of halogens is 2. The van der Waals surface area contributed by atoms with E-state index in [1.807, 2.05) is 13.6 Å². The van der Waals surface area contributed by atoms with Gasteiger partial charge in [-0.25, -0.2) is 8.42 Å². The Bertz CT molecular complexity index is 364. The minimum atomic E-state index is -5.00. The molecule has 0 fully saturated rings. The Balaban J connectivity index is 4.30. The third kappa shape index (κ3) is 6.81. The van der Waals surface area contributed by atoms with Crippen molar-refractivity contribution in [3.63, 3.8) is 0 Å². The van der Waals surface area contributed by atoms with Gasteiger partial charge >= 0.3 is 0 Å². The predicted octanol–water partition coefficient (Wildman–Crippen LogP) is 0.569. The van der Waals surface area contributed by atoms with Gasteiger partial charge in [-0.15, -0.1) is 3.89 Å². The highest BCUT2D eigenvalue weighted by molar-refractivity contribution is 8.09. The third-order valence-electron chi connectivity index (χ3n) is 0.496. The average molecular weight is 268 g/mol. The average Bonchev–Trinajstić information content (AvgIpc) is 1.77. The van der Waals surface area contributed by atoms with Crippen LogP contribution in [0.3, 0.4) is 0 Å². The van der Waals surface area contributed by atoms with Gasteiger partial charge in [0.1, 0.15) is 22.7 Å². The Morgan fingerprint density at radius 1 is 1.14 bits per heavy atom. The van der Waals surface area contributed by atoms with Crippen LogP contribution in [0.1, 0.15) is 0 Å². The molecule has 0 bridgehead atoms. The summed E-state index contributed by atoms with van der Waals surface area (Å²) in [6, 6.07) is -1.99. The van der Waals surface area contributed by atoms with Crippen molar-refractivity contribution in [1.82, 2.24) is 0 Å². The summed E-state index contributed by atoms with van der Waals surface area (Å²) in [6.45, 7) is 0. The largest absolute Gasteiger partial charge is 0.578 e. The van der Waals surface area contributed by atoms with Gasteiger partial charge in [0, 0.05) is 10.2 Å². The Morgan fingerprint density at radius 3 is 2.00 bits per heavy atom. The second-order valence-electron chi connectivity index (χ2n) is 1.40. The van der Waals surface area contributed by atoms with Gasteiger partial charge in [-0.1, -0.05) is 0 Å². The molecule has 2 atom stereocenters. The minimum absolute atomic E-state index is 1.87. The maximum absolute atomic E-state index is 11.5. The summed E-state index contributed by atoms with van der Waals surface area (Å²) in [5.74, 6) is 0. The number of carbonyl (C=O) groups excluding carboxylic acids is 1. The van der Waals surface area contributed by atoms with E-state index in [-0.39, 0.29) is 0 Å². The molecule has 0 rings (SSSR count). The number of rotatable bonds is 4. The minimum Gasteiger partial charge on any atom is -0.578 e. The quantitative estimate of drug-likeness (QED) is 0.688. The molecule has 0 spiro atoms. The second-order valence-corrected chi connectivity index (χ2v) is 4.08. The molecule has 13 heteroatoms. The zero-order valence-electron chi connectivity index (χ0n) is 5.86. The smallest absolute Gasteiger partial charge is 0.130 e. The molecule has 0 radical (unpaired) electrons. The standard InChI is InChI=1S/CHF2N3O5S3/c2-12(8)4-1(7)5-14(10,11)6-13(3)9/h(H-,4,5,7)/q-2/p-1. The molecule has 0 aromatic carbocycles. The molecule has 8 nitrogen and oxygen atoms in total. The number of urea groups is 1. The fraction of sp³-hybridized carbons (Fsp3) is 0. The Kier molecular flexibility index (Phi) is 5.03. The van der Waals surface area contributed by atoms with Crippen LogP contribution in [0.2, 0.25) is 0 Å². The molecule has 84 valence electrons. The Morgan fingerprint density at radius 2 is 1.64 bits per heavy atom. The van der Waals surface area contributed by atoms with Crippen molar-refractivity contribution in [2.24, 2.45) is 0 Å². The summed E-state index contributed by atoms with van der Waals surface area (Å²) >= 11 is -7.02. The van der Waals surface area contributed by atoms with Crippen molar-refractivity contribution in [2.75, 3.05) is 0 Å². The monoisotopic (exact) mass is 268 g/mol. The van der Waals surface area contributed by atoms with Gasteiger partial charge in [-0.3, -0.25) is 8.42 Å². The van der Waals surface area contributed by atoms with Crippen LogP contribution in [0, 0.1) is 0 Å². The molecule has 0 saturated heterocycles. The molecule has 0 aliphatic carbocycles. The van der Waals surface area contributed by atoms with Crippen LogP contribution in [0.4, 0.5) is 12.6 Å². The van der Waals surface area contributed by atoms with Gasteiger partial charge in [0.05, 0.1) is 0 Å². The number of nitrogens with zero attached hydrogens (tertiary/aromatic N) is 3. The summed E-state index contributed by atoms with van der Waals surface area (Å²) < 4.78 is 68.8. The van der Waals surface area contributed by atoms with E-state index in [0.29, 0.717) is 0 Å². The van der Waals surface area contributed by atoms with Gasteiger partial charge in [0.15, 0.2) is 0 Å². The van der Waals surface area contributed by atoms with Crippen molar-refractivity contribution in [3.05, 3.63) is 13.6 Å². The van der Waals surface area contributed by atoms with Crippen LogP contribution in [0.5, 0.6) is 0 Å². The lowest BCUT2D eigenvalue weighted by atomic mass is 11.2. The second kappa shape index (κ2) is 5.28. The SMILES string of the molecule is O=C([N-]S(=O)F)[N-]S(=O)(=O)[N-]S(=O)F. The summed E-state index contributed by atoms with van der Waals surface area (Å²) in [6.07, 6.45) is 0. The number of hydrogen-bond donors (Lipinski definition) is 0. The molecule has 14 heavy (non-hydrogen) atoms. The van der Waals surface area contributed by atoms with Crippen molar-refractivity contribution >= 4 is 39.0 Å². The van der Waals surface area contributed by atoms with Crippen molar-refractivity contribution in [3.8, 4) is 0 Å². The van der Waals surface area contributed by atoms with E-state index in [4.69, 9.17) is 0 Å². The first-order valence-electron chi connectivity index (χ1n) is 2.36. The first-order chi connectivity index (χ1) is 6.23. The predicted molar refractivity (Wildman–Crippen MR) is 42.9 cm³/mol. The van der Waals surface area contributed by atoms with Gasteiger partial charge in [0.25, 0.3) is 0 Å². The van der Waals surface area contributed by atoms with Gasteiger partial charge in [-0.2, -0.15) is 3.89 Å². The Labute approximate surface area is 82.4 Å². The van der Waals surface area contributed by atoms with Crippen LogP contribution in [-0.4, -0.2) is 22.9 Å². The molecule has 0 aliphatic heterocycles. The highest BCUT2D eigenvalue weighted by Gasteiger charge is 1.90. The summed E-state index contributed by atoms with van der Waals surface area (Å²) in [4.78, 5) is 10.2. The van der Waals surface area contributed by atoms with Gasteiger partial charge < -0.3 is 18.4 Å². The maximum atomic E-state index is 11.5. The van der Waals surface area contributed by atoms with Crippen LogP contribution in [0.25, 0.3) is 13.6 Å². The molecule has 2 unspecified atom stereocenters. The first kappa shape index (κ1) is 13.3. The highest BCUT2D eigenvalue weighted by Crippen LogP contribution is 2.17. The van der Waals surface area contributed by atoms with E-state index < -0.39 is 39.0 Å². The van der Waals surface area contributed by atoms with Crippen LogP contribution >= 0.6 is 0 Å². The molecular weight excluding hydrogens is 268 g/mol. The van der Waals surface area contributed by atoms with Crippen LogP contribution in [0.15, 0.2) is 0 Å². The van der Waals surface area contributed by atoms with Crippen LogP contribution in [-0.2, 0) is 33.0 Å². The van der Waals surface area contributed by atoms with E-state index in [2.05, 4.69) is 0 Å². The van der Waals surface area contributed by atoms with Gasteiger partial charge in [-0.05, 0) is 6.03 Å². The van der Waals surface area contributed by atoms with E-state index in [1.165, 1.54) is 0 Å². The lowest BCUT2D eigenvalue weighted by molar-refractivity contribution is 0.266. The van der Waals surface area contributed by atoms with Crippen molar-refractivity contribution in [2.45, 2.75) is 0 Å². The fourth-order valence-electron chi connectivity index (χ4n) is 0.267. The normalized spacial score (nSPS) is 15.6. The zero-order valence-corrected chi connectivity index (χ0v) is 8.31. The number of carbonyl (C=O) groups is 1. The molecule has 0 aromatic rings.